The van der Waals surface area contributed by atoms with E-state index in [1.54, 1.807) is 0 Å². The fraction of sp³-hybridized carbons (Fsp3) is 1.00. The third-order valence-electron chi connectivity index (χ3n) is 5.07. The standard InChI is InChI=1S/C15H30N2O/c1-11-8-12(2)14(15(16)9-11)10-17-6-4-13(18-3)5-7-17/h11-15H,4-10,16H2,1-3H3. The van der Waals surface area contributed by atoms with Gasteiger partial charge in [0.25, 0.3) is 0 Å². The van der Waals surface area contributed by atoms with Crippen LogP contribution < -0.4 is 5.73 Å². The zero-order valence-electron chi connectivity index (χ0n) is 12.3. The van der Waals surface area contributed by atoms with Crippen molar-refractivity contribution in [1.82, 2.24) is 4.90 Å². The number of rotatable bonds is 3. The first-order valence-electron chi connectivity index (χ1n) is 7.61. The molecule has 0 aromatic carbocycles. The predicted molar refractivity (Wildman–Crippen MR) is 75.5 cm³/mol. The molecule has 1 aliphatic heterocycles. The van der Waals surface area contributed by atoms with Gasteiger partial charge in [0.05, 0.1) is 6.10 Å². The van der Waals surface area contributed by atoms with Gasteiger partial charge < -0.3 is 15.4 Å². The van der Waals surface area contributed by atoms with E-state index < -0.39 is 0 Å². The van der Waals surface area contributed by atoms with E-state index in [1.165, 1.54) is 45.3 Å². The number of nitrogens with zero attached hydrogens (tertiary/aromatic N) is 1. The maximum Gasteiger partial charge on any atom is 0.0595 e. The van der Waals surface area contributed by atoms with Crippen LogP contribution in [-0.4, -0.2) is 43.8 Å². The Morgan fingerprint density at radius 2 is 1.83 bits per heavy atom. The summed E-state index contributed by atoms with van der Waals surface area (Å²) in [5, 5.41) is 0. The summed E-state index contributed by atoms with van der Waals surface area (Å²) < 4.78 is 5.43. The van der Waals surface area contributed by atoms with Gasteiger partial charge in [-0.1, -0.05) is 13.8 Å². The molecule has 4 atom stereocenters. The Balaban J connectivity index is 1.82. The summed E-state index contributed by atoms with van der Waals surface area (Å²) in [6.07, 6.45) is 5.42. The van der Waals surface area contributed by atoms with Crippen LogP contribution in [0.5, 0.6) is 0 Å². The van der Waals surface area contributed by atoms with E-state index >= 15 is 0 Å². The second-order valence-electron chi connectivity index (χ2n) is 6.62. The third kappa shape index (κ3) is 3.46. The van der Waals surface area contributed by atoms with E-state index in [9.17, 15) is 0 Å². The van der Waals surface area contributed by atoms with E-state index in [1.807, 2.05) is 7.11 Å². The smallest absolute Gasteiger partial charge is 0.0595 e. The number of methoxy groups -OCH3 is 1. The van der Waals surface area contributed by atoms with Crippen LogP contribution in [0.3, 0.4) is 0 Å². The van der Waals surface area contributed by atoms with Crippen LogP contribution in [0.15, 0.2) is 0 Å². The zero-order valence-corrected chi connectivity index (χ0v) is 12.3. The molecule has 0 bridgehead atoms. The largest absolute Gasteiger partial charge is 0.381 e. The van der Waals surface area contributed by atoms with Crippen LogP contribution in [-0.2, 0) is 4.74 Å². The molecule has 4 unspecified atom stereocenters. The summed E-state index contributed by atoms with van der Waals surface area (Å²) in [4.78, 5) is 2.60. The average molecular weight is 254 g/mol. The molecule has 1 heterocycles. The molecule has 2 N–H and O–H groups in total. The Labute approximate surface area is 112 Å². The lowest BCUT2D eigenvalue weighted by molar-refractivity contribution is 0.0264. The summed E-state index contributed by atoms with van der Waals surface area (Å²) >= 11 is 0. The highest BCUT2D eigenvalue weighted by molar-refractivity contribution is 4.88. The lowest BCUT2D eigenvalue weighted by Crippen LogP contribution is -2.48. The first kappa shape index (κ1) is 14.3. The molecule has 0 amide bonds. The fourth-order valence-corrected chi connectivity index (χ4v) is 3.91. The van der Waals surface area contributed by atoms with Crippen molar-refractivity contribution in [1.29, 1.82) is 0 Å². The minimum absolute atomic E-state index is 0.406. The fourth-order valence-electron chi connectivity index (χ4n) is 3.91. The van der Waals surface area contributed by atoms with Gasteiger partial charge in [0, 0.05) is 32.8 Å². The topological polar surface area (TPSA) is 38.5 Å². The Kier molecular flexibility index (Phi) is 5.05. The highest BCUT2D eigenvalue weighted by atomic mass is 16.5. The molecule has 0 spiro atoms. The van der Waals surface area contributed by atoms with Crippen LogP contribution >= 0.6 is 0 Å². The van der Waals surface area contributed by atoms with Crippen molar-refractivity contribution in [3.05, 3.63) is 0 Å². The van der Waals surface area contributed by atoms with Crippen LogP contribution in [0.25, 0.3) is 0 Å². The Bertz CT molecular complexity index is 239. The van der Waals surface area contributed by atoms with E-state index in [2.05, 4.69) is 18.7 Å². The van der Waals surface area contributed by atoms with Crippen molar-refractivity contribution >= 4 is 0 Å². The molecule has 3 nitrogen and oxygen atoms in total. The maximum absolute atomic E-state index is 6.38. The highest BCUT2D eigenvalue weighted by Crippen LogP contribution is 2.33. The molecule has 2 rings (SSSR count). The molecule has 2 aliphatic rings. The van der Waals surface area contributed by atoms with Crippen molar-refractivity contribution in [3.8, 4) is 0 Å². The minimum Gasteiger partial charge on any atom is -0.381 e. The molecule has 18 heavy (non-hydrogen) atoms. The predicted octanol–water partition coefficient (Wildman–Crippen LogP) is 2.11. The van der Waals surface area contributed by atoms with Gasteiger partial charge in [-0.3, -0.25) is 0 Å². The molecule has 3 heteroatoms. The van der Waals surface area contributed by atoms with Gasteiger partial charge >= 0.3 is 0 Å². The number of hydrogen-bond donors (Lipinski definition) is 1. The number of nitrogens with two attached hydrogens (primary N) is 1. The molecule has 106 valence electrons. The summed E-state index contributed by atoms with van der Waals surface area (Å²) in [5.41, 5.74) is 6.38. The van der Waals surface area contributed by atoms with Gasteiger partial charge in [-0.15, -0.1) is 0 Å². The Morgan fingerprint density at radius 1 is 1.17 bits per heavy atom. The van der Waals surface area contributed by atoms with Crippen LogP contribution in [0, 0.1) is 17.8 Å². The summed E-state index contributed by atoms with van der Waals surface area (Å²) in [5.74, 6) is 2.29. The second kappa shape index (κ2) is 6.36. The number of likely N-dealkylation sites (tertiary alicyclic amines) is 1. The van der Waals surface area contributed by atoms with E-state index in [4.69, 9.17) is 10.5 Å². The van der Waals surface area contributed by atoms with Crippen LogP contribution in [0.1, 0.15) is 39.5 Å². The first-order chi connectivity index (χ1) is 8.60. The Hall–Kier alpha value is -0.120. The van der Waals surface area contributed by atoms with Gasteiger partial charge in [0.15, 0.2) is 0 Å². The molecule has 2 fully saturated rings. The molecule has 0 aromatic rings. The van der Waals surface area contributed by atoms with Gasteiger partial charge in [-0.05, 0) is 43.4 Å². The van der Waals surface area contributed by atoms with Gasteiger partial charge in [-0.25, -0.2) is 0 Å². The summed E-state index contributed by atoms with van der Waals surface area (Å²) in [7, 11) is 1.83. The van der Waals surface area contributed by atoms with Crippen molar-refractivity contribution in [2.24, 2.45) is 23.5 Å². The monoisotopic (exact) mass is 254 g/mol. The van der Waals surface area contributed by atoms with Gasteiger partial charge in [-0.2, -0.15) is 0 Å². The molecule has 1 saturated carbocycles. The summed E-state index contributed by atoms with van der Waals surface area (Å²) in [6.45, 7) is 8.30. The normalized spacial score (nSPS) is 40.0. The highest BCUT2D eigenvalue weighted by Gasteiger charge is 2.33. The molecule has 1 saturated heterocycles. The zero-order chi connectivity index (χ0) is 13.1. The lowest BCUT2D eigenvalue weighted by Gasteiger charge is -2.42. The minimum atomic E-state index is 0.406. The number of ether oxygens (including phenoxy) is 1. The molecule has 0 radical (unpaired) electrons. The van der Waals surface area contributed by atoms with Crippen molar-refractivity contribution < 1.29 is 4.74 Å². The molecular formula is C15H30N2O. The summed E-state index contributed by atoms with van der Waals surface area (Å²) in [6, 6.07) is 0.406. The van der Waals surface area contributed by atoms with E-state index in [-0.39, 0.29) is 0 Å². The van der Waals surface area contributed by atoms with Gasteiger partial charge in [0.1, 0.15) is 0 Å². The van der Waals surface area contributed by atoms with E-state index in [0.717, 1.165) is 11.8 Å². The van der Waals surface area contributed by atoms with Crippen molar-refractivity contribution in [3.63, 3.8) is 0 Å². The SMILES string of the molecule is COC1CCN(CC2C(C)CC(C)CC2N)CC1. The molecule has 0 aromatic heterocycles. The van der Waals surface area contributed by atoms with Gasteiger partial charge in [0.2, 0.25) is 0 Å². The number of hydrogen-bond acceptors (Lipinski definition) is 3. The molecular weight excluding hydrogens is 224 g/mol. The van der Waals surface area contributed by atoms with Crippen LogP contribution in [0.4, 0.5) is 0 Å². The number of piperidine rings is 1. The first-order valence-corrected chi connectivity index (χ1v) is 7.61. The quantitative estimate of drug-likeness (QED) is 0.838. The second-order valence-corrected chi connectivity index (χ2v) is 6.62. The third-order valence-corrected chi connectivity index (χ3v) is 5.07. The Morgan fingerprint density at radius 3 is 2.39 bits per heavy atom. The molecule has 1 aliphatic carbocycles. The van der Waals surface area contributed by atoms with Crippen LogP contribution in [0.2, 0.25) is 0 Å². The van der Waals surface area contributed by atoms with Crippen molar-refractivity contribution in [2.75, 3.05) is 26.7 Å². The maximum atomic E-state index is 6.38. The lowest BCUT2D eigenvalue weighted by atomic mass is 9.72. The van der Waals surface area contributed by atoms with Crippen molar-refractivity contribution in [2.45, 2.75) is 51.7 Å². The van der Waals surface area contributed by atoms with E-state index in [0.29, 0.717) is 18.1 Å². The average Bonchev–Trinajstić information content (AvgIpc) is 2.34.